The van der Waals surface area contributed by atoms with Crippen LogP contribution in [0.25, 0.3) is 11.3 Å². The zero-order valence-corrected chi connectivity index (χ0v) is 17.1. The summed E-state index contributed by atoms with van der Waals surface area (Å²) in [5.41, 5.74) is 3.99. The average Bonchev–Trinajstić information content (AvgIpc) is 2.97. The molecule has 6 heteroatoms. The van der Waals surface area contributed by atoms with Gasteiger partial charge in [-0.05, 0) is 43.0 Å². The van der Waals surface area contributed by atoms with Crippen LogP contribution in [-0.2, 0) is 0 Å². The molecule has 1 heterocycles. The largest absolute Gasteiger partial charge is 0.360 e. The van der Waals surface area contributed by atoms with Crippen LogP contribution in [0.5, 0.6) is 0 Å². The fourth-order valence-corrected chi connectivity index (χ4v) is 3.63. The first-order valence-corrected chi connectivity index (χ1v) is 9.38. The number of nitrogens with zero attached hydrogens (tertiary/aromatic N) is 1. The number of aryl methyl sites for hydroxylation is 2. The molecule has 4 nitrogen and oxygen atoms in total. The first-order chi connectivity index (χ1) is 12.8. The lowest BCUT2D eigenvalue weighted by molar-refractivity contribution is 0.102. The molecule has 2 aromatic carbocycles. The van der Waals surface area contributed by atoms with E-state index in [1.54, 1.807) is 25.1 Å². The summed E-state index contributed by atoms with van der Waals surface area (Å²) in [5.74, 6) is 0.357. The molecule has 0 atom stereocenters. The highest BCUT2D eigenvalue weighted by molar-refractivity contribution is 6.39. The number of rotatable bonds is 4. The lowest BCUT2D eigenvalue weighted by Crippen LogP contribution is -2.16. The number of carbonyl (C=O) groups is 1. The van der Waals surface area contributed by atoms with E-state index in [0.717, 1.165) is 16.8 Å². The van der Waals surface area contributed by atoms with E-state index in [1.165, 1.54) is 0 Å². The third-order valence-electron chi connectivity index (χ3n) is 4.45. The molecule has 3 aromatic rings. The van der Waals surface area contributed by atoms with E-state index in [0.29, 0.717) is 32.6 Å². The van der Waals surface area contributed by atoms with E-state index < -0.39 is 0 Å². The molecule has 0 saturated carbocycles. The van der Waals surface area contributed by atoms with Gasteiger partial charge in [0.2, 0.25) is 0 Å². The number of amides is 1. The fourth-order valence-electron chi connectivity index (χ4n) is 3.05. The number of nitrogens with one attached hydrogen (secondary N) is 1. The molecule has 0 unspecified atom stereocenters. The van der Waals surface area contributed by atoms with Crippen molar-refractivity contribution in [2.45, 2.75) is 33.6 Å². The van der Waals surface area contributed by atoms with Crippen LogP contribution in [-0.4, -0.2) is 11.1 Å². The van der Waals surface area contributed by atoms with Crippen molar-refractivity contribution >= 4 is 34.8 Å². The van der Waals surface area contributed by atoms with Crippen LogP contribution in [0.15, 0.2) is 40.9 Å². The molecule has 27 heavy (non-hydrogen) atoms. The highest BCUT2D eigenvalue weighted by atomic mass is 35.5. The summed E-state index contributed by atoms with van der Waals surface area (Å²) in [5, 5.41) is 7.89. The third kappa shape index (κ3) is 3.73. The van der Waals surface area contributed by atoms with Crippen molar-refractivity contribution in [2.75, 3.05) is 5.32 Å². The summed E-state index contributed by atoms with van der Waals surface area (Å²) in [6.07, 6.45) is 0. The highest BCUT2D eigenvalue weighted by Crippen LogP contribution is 2.37. The number of anilines is 1. The van der Waals surface area contributed by atoms with E-state index in [-0.39, 0.29) is 11.8 Å². The van der Waals surface area contributed by atoms with Gasteiger partial charge in [0, 0.05) is 11.3 Å². The van der Waals surface area contributed by atoms with Gasteiger partial charge in [-0.1, -0.05) is 66.5 Å². The number of hydrogen-bond acceptors (Lipinski definition) is 3. The smallest absolute Gasteiger partial charge is 0.261 e. The molecule has 140 valence electrons. The van der Waals surface area contributed by atoms with E-state index in [1.807, 2.05) is 25.1 Å². The van der Waals surface area contributed by atoms with Crippen LogP contribution in [0, 0.1) is 13.8 Å². The van der Waals surface area contributed by atoms with Crippen molar-refractivity contribution < 1.29 is 9.32 Å². The fraction of sp³-hybridized carbons (Fsp3) is 0.238. The number of halogens is 2. The third-order valence-corrected chi connectivity index (χ3v) is 5.08. The molecule has 1 N–H and O–H groups in total. The quantitative estimate of drug-likeness (QED) is 0.531. The molecule has 0 fully saturated rings. The maximum absolute atomic E-state index is 13.1. The van der Waals surface area contributed by atoms with Gasteiger partial charge in [0.05, 0.1) is 10.0 Å². The molecule has 0 spiro atoms. The topological polar surface area (TPSA) is 55.1 Å². The standard InChI is InChI=1S/C21H20Cl2N2O2/c1-11(2)14-8-5-7-12(3)19(14)24-21(26)17-13(4)27-25-20(17)18-15(22)9-6-10-16(18)23/h5-11H,1-4H3,(H,24,26). The van der Waals surface area contributed by atoms with Gasteiger partial charge in [0.25, 0.3) is 5.91 Å². The van der Waals surface area contributed by atoms with Crippen LogP contribution in [0.2, 0.25) is 10.0 Å². The first kappa shape index (κ1) is 19.5. The average molecular weight is 403 g/mol. The molecule has 0 saturated heterocycles. The van der Waals surface area contributed by atoms with Crippen molar-refractivity contribution in [2.24, 2.45) is 0 Å². The van der Waals surface area contributed by atoms with Crippen molar-refractivity contribution in [1.82, 2.24) is 5.16 Å². The molecule has 0 aliphatic heterocycles. The van der Waals surface area contributed by atoms with Crippen LogP contribution in [0.1, 0.15) is 47.0 Å². The zero-order chi connectivity index (χ0) is 19.7. The molecule has 0 aliphatic carbocycles. The number of benzene rings is 2. The molecule has 3 rings (SSSR count). The second-order valence-electron chi connectivity index (χ2n) is 6.71. The Morgan fingerprint density at radius 1 is 1.07 bits per heavy atom. The second-order valence-corrected chi connectivity index (χ2v) is 7.52. The van der Waals surface area contributed by atoms with Crippen LogP contribution in [0.3, 0.4) is 0 Å². The maximum atomic E-state index is 13.1. The minimum atomic E-state index is -0.309. The van der Waals surface area contributed by atoms with Gasteiger partial charge in [0.1, 0.15) is 17.0 Å². The van der Waals surface area contributed by atoms with E-state index >= 15 is 0 Å². The Balaban J connectivity index is 2.07. The van der Waals surface area contributed by atoms with Gasteiger partial charge in [-0.2, -0.15) is 0 Å². The number of carbonyl (C=O) groups excluding carboxylic acids is 1. The molecule has 1 aromatic heterocycles. The Morgan fingerprint density at radius 2 is 1.70 bits per heavy atom. The normalized spacial score (nSPS) is 11.1. The van der Waals surface area contributed by atoms with Gasteiger partial charge in [-0.15, -0.1) is 0 Å². The minimum absolute atomic E-state index is 0.265. The van der Waals surface area contributed by atoms with Crippen LogP contribution in [0.4, 0.5) is 5.69 Å². The summed E-state index contributed by atoms with van der Waals surface area (Å²) < 4.78 is 5.30. The van der Waals surface area contributed by atoms with Gasteiger partial charge in [-0.25, -0.2) is 0 Å². The van der Waals surface area contributed by atoms with Gasteiger partial charge >= 0.3 is 0 Å². The Labute approximate surface area is 168 Å². The van der Waals surface area contributed by atoms with Crippen LogP contribution < -0.4 is 5.32 Å². The summed E-state index contributed by atoms with van der Waals surface area (Å²) in [7, 11) is 0. The number of para-hydroxylation sites is 1. The predicted octanol–water partition coefficient (Wildman–Crippen LogP) is 6.64. The Bertz CT molecular complexity index is 989. The van der Waals surface area contributed by atoms with E-state index in [9.17, 15) is 4.79 Å². The Hall–Kier alpha value is -2.30. The van der Waals surface area contributed by atoms with Gasteiger partial charge in [0.15, 0.2) is 0 Å². The molecule has 0 aliphatic rings. The van der Waals surface area contributed by atoms with Crippen molar-refractivity contribution in [3.05, 3.63) is 68.9 Å². The maximum Gasteiger partial charge on any atom is 0.261 e. The van der Waals surface area contributed by atoms with E-state index in [2.05, 4.69) is 24.3 Å². The predicted molar refractivity (Wildman–Crippen MR) is 110 cm³/mol. The number of aromatic nitrogens is 1. The monoisotopic (exact) mass is 402 g/mol. The zero-order valence-electron chi connectivity index (χ0n) is 15.6. The summed E-state index contributed by atoms with van der Waals surface area (Å²) in [6, 6.07) is 11.1. The molecular formula is C21H20Cl2N2O2. The number of hydrogen-bond donors (Lipinski definition) is 1. The van der Waals surface area contributed by atoms with Crippen LogP contribution >= 0.6 is 23.2 Å². The lowest BCUT2D eigenvalue weighted by atomic mass is 9.97. The van der Waals surface area contributed by atoms with Gasteiger partial charge < -0.3 is 9.84 Å². The summed E-state index contributed by atoms with van der Waals surface area (Å²) in [6.45, 7) is 7.83. The molecule has 0 bridgehead atoms. The molecule has 0 radical (unpaired) electrons. The van der Waals surface area contributed by atoms with Gasteiger partial charge in [-0.3, -0.25) is 4.79 Å². The molecule has 1 amide bonds. The molecular weight excluding hydrogens is 383 g/mol. The minimum Gasteiger partial charge on any atom is -0.360 e. The first-order valence-electron chi connectivity index (χ1n) is 8.62. The van der Waals surface area contributed by atoms with Crippen molar-refractivity contribution in [3.63, 3.8) is 0 Å². The Kier molecular flexibility index (Phi) is 5.59. The Morgan fingerprint density at radius 3 is 2.33 bits per heavy atom. The SMILES string of the molecule is Cc1cccc(C(C)C)c1NC(=O)c1c(-c2c(Cl)cccc2Cl)noc1C. The highest BCUT2D eigenvalue weighted by Gasteiger charge is 2.26. The lowest BCUT2D eigenvalue weighted by Gasteiger charge is -2.16. The van der Waals surface area contributed by atoms with E-state index in [4.69, 9.17) is 27.7 Å². The van der Waals surface area contributed by atoms with Crippen molar-refractivity contribution in [3.8, 4) is 11.3 Å². The second kappa shape index (κ2) is 7.75. The summed E-state index contributed by atoms with van der Waals surface area (Å²) in [4.78, 5) is 13.1. The van der Waals surface area contributed by atoms with Crippen molar-refractivity contribution in [1.29, 1.82) is 0 Å². The summed E-state index contributed by atoms with van der Waals surface area (Å²) >= 11 is 12.6.